The van der Waals surface area contributed by atoms with E-state index in [1.807, 2.05) is 59.4 Å². The third kappa shape index (κ3) is 3.46. The minimum Gasteiger partial charge on any atom is -0.334 e. The van der Waals surface area contributed by atoms with Gasteiger partial charge in [0.05, 0.1) is 23.7 Å². The fourth-order valence-corrected chi connectivity index (χ4v) is 3.84. The Hall–Kier alpha value is -4.30. The van der Waals surface area contributed by atoms with Crippen LogP contribution in [0.5, 0.6) is 0 Å². The summed E-state index contributed by atoms with van der Waals surface area (Å²) >= 11 is 5.82. The first-order valence-electron chi connectivity index (χ1n) is 10.0. The van der Waals surface area contributed by atoms with Crippen LogP contribution in [0.15, 0.2) is 83.9 Å². The molecule has 4 heterocycles. The second-order valence-electron chi connectivity index (χ2n) is 7.40. The number of aromatic amines is 1. The molecule has 0 aliphatic carbocycles. The van der Waals surface area contributed by atoms with Gasteiger partial charge < -0.3 is 4.52 Å². The molecule has 0 amide bonds. The molecule has 160 valence electrons. The topological polar surface area (TPSA) is 84.9 Å². The van der Waals surface area contributed by atoms with Crippen molar-refractivity contribution >= 4 is 17.2 Å². The summed E-state index contributed by atoms with van der Waals surface area (Å²) < 4.78 is 21.5. The van der Waals surface area contributed by atoms with Crippen LogP contribution in [0.2, 0.25) is 5.02 Å². The highest BCUT2D eigenvalue weighted by Crippen LogP contribution is 2.29. The highest BCUT2D eigenvalue weighted by Gasteiger charge is 2.15. The third-order valence-electron chi connectivity index (χ3n) is 5.36. The van der Waals surface area contributed by atoms with E-state index in [2.05, 4.69) is 25.3 Å². The van der Waals surface area contributed by atoms with Crippen molar-refractivity contribution < 1.29 is 8.91 Å². The second-order valence-corrected chi connectivity index (χ2v) is 7.84. The number of rotatable bonds is 4. The van der Waals surface area contributed by atoms with Gasteiger partial charge in [-0.05, 0) is 30.3 Å². The van der Waals surface area contributed by atoms with Gasteiger partial charge in [-0.3, -0.25) is 9.50 Å². The van der Waals surface area contributed by atoms with Crippen molar-refractivity contribution in [3.8, 4) is 45.2 Å². The number of halogens is 2. The van der Waals surface area contributed by atoms with Crippen LogP contribution in [0.3, 0.4) is 0 Å². The minimum absolute atomic E-state index is 0.0943. The number of H-pyrrole nitrogens is 1. The molecule has 0 spiro atoms. The molecule has 2 aromatic carbocycles. The first kappa shape index (κ1) is 19.4. The number of aromatic nitrogens is 6. The van der Waals surface area contributed by atoms with Gasteiger partial charge in [0.25, 0.3) is 5.89 Å². The largest absolute Gasteiger partial charge is 0.334 e. The molecule has 33 heavy (non-hydrogen) atoms. The van der Waals surface area contributed by atoms with Crippen molar-refractivity contribution in [3.05, 3.63) is 90.2 Å². The van der Waals surface area contributed by atoms with E-state index in [1.54, 1.807) is 12.3 Å². The Kier molecular flexibility index (Phi) is 4.51. The number of hydrogen-bond acceptors (Lipinski definition) is 5. The van der Waals surface area contributed by atoms with E-state index in [-0.39, 0.29) is 11.5 Å². The Morgan fingerprint density at radius 3 is 2.52 bits per heavy atom. The number of benzene rings is 2. The van der Waals surface area contributed by atoms with Gasteiger partial charge in [-0.15, -0.1) is 0 Å². The Morgan fingerprint density at radius 1 is 0.909 bits per heavy atom. The monoisotopic (exact) mass is 456 g/mol. The van der Waals surface area contributed by atoms with E-state index in [1.165, 1.54) is 12.1 Å². The van der Waals surface area contributed by atoms with Crippen LogP contribution in [0.4, 0.5) is 4.39 Å². The average molecular weight is 457 g/mol. The quantitative estimate of drug-likeness (QED) is 0.357. The van der Waals surface area contributed by atoms with Crippen molar-refractivity contribution in [2.24, 2.45) is 0 Å². The van der Waals surface area contributed by atoms with Gasteiger partial charge in [-0.2, -0.15) is 10.1 Å². The van der Waals surface area contributed by atoms with Gasteiger partial charge in [-0.1, -0.05) is 41.0 Å². The zero-order chi connectivity index (χ0) is 22.4. The molecule has 7 nitrogen and oxygen atoms in total. The summed E-state index contributed by atoms with van der Waals surface area (Å²) in [5, 5.41) is 11.2. The highest BCUT2D eigenvalue weighted by atomic mass is 35.5. The zero-order valence-corrected chi connectivity index (χ0v) is 17.7. The molecule has 0 saturated carbocycles. The van der Waals surface area contributed by atoms with Gasteiger partial charge in [0, 0.05) is 39.7 Å². The normalized spacial score (nSPS) is 11.3. The predicted molar refractivity (Wildman–Crippen MR) is 122 cm³/mol. The summed E-state index contributed by atoms with van der Waals surface area (Å²) in [6, 6.07) is 16.0. The summed E-state index contributed by atoms with van der Waals surface area (Å²) in [6.07, 6.45) is 7.49. The zero-order valence-electron chi connectivity index (χ0n) is 16.9. The molecule has 6 aromatic rings. The van der Waals surface area contributed by atoms with E-state index in [9.17, 15) is 4.39 Å². The maximum atomic E-state index is 14.2. The van der Waals surface area contributed by atoms with Crippen molar-refractivity contribution in [1.82, 2.24) is 29.7 Å². The molecule has 6 rings (SSSR count). The Labute approximate surface area is 191 Å². The number of imidazole rings is 1. The van der Waals surface area contributed by atoms with E-state index >= 15 is 0 Å². The fourth-order valence-electron chi connectivity index (χ4n) is 3.68. The van der Waals surface area contributed by atoms with E-state index < -0.39 is 5.82 Å². The van der Waals surface area contributed by atoms with Gasteiger partial charge >= 0.3 is 0 Å². The molecule has 0 aliphatic rings. The fraction of sp³-hybridized carbons (Fsp3) is 0. The standard InChI is InChI=1S/C24H14ClFN6O/c25-18-6-7-19(20(26)9-18)24-30-23(31-33-24)15-3-1-14(2-4-15)21-12-27-22-8-5-16(13-32(21)22)17-10-28-29-11-17/h1-13H,(H,28,29). The molecule has 0 fully saturated rings. The molecular weight excluding hydrogens is 443 g/mol. The lowest BCUT2D eigenvalue weighted by molar-refractivity contribution is 0.429. The first-order chi connectivity index (χ1) is 16.2. The molecule has 0 unspecified atom stereocenters. The Balaban J connectivity index is 1.33. The highest BCUT2D eigenvalue weighted by molar-refractivity contribution is 6.30. The lowest BCUT2D eigenvalue weighted by Gasteiger charge is -2.05. The summed E-state index contributed by atoms with van der Waals surface area (Å²) in [6.45, 7) is 0. The van der Waals surface area contributed by atoms with Crippen LogP contribution in [-0.2, 0) is 0 Å². The van der Waals surface area contributed by atoms with Crippen LogP contribution >= 0.6 is 11.6 Å². The van der Waals surface area contributed by atoms with E-state index in [0.29, 0.717) is 10.8 Å². The molecule has 0 atom stereocenters. The average Bonchev–Trinajstić information content (AvgIpc) is 3.59. The molecule has 0 radical (unpaired) electrons. The third-order valence-corrected chi connectivity index (χ3v) is 5.60. The second kappa shape index (κ2) is 7.68. The molecule has 0 aliphatic heterocycles. The van der Waals surface area contributed by atoms with Gasteiger partial charge in [0.1, 0.15) is 11.5 Å². The summed E-state index contributed by atoms with van der Waals surface area (Å²) in [5.74, 6) is -0.0569. The van der Waals surface area contributed by atoms with Crippen molar-refractivity contribution in [2.75, 3.05) is 0 Å². The van der Waals surface area contributed by atoms with Crippen LogP contribution < -0.4 is 0 Å². The summed E-state index contributed by atoms with van der Waals surface area (Å²) in [5.41, 5.74) is 5.74. The summed E-state index contributed by atoms with van der Waals surface area (Å²) in [4.78, 5) is 8.84. The van der Waals surface area contributed by atoms with Gasteiger partial charge in [-0.25, -0.2) is 9.37 Å². The number of nitrogens with one attached hydrogen (secondary N) is 1. The maximum absolute atomic E-state index is 14.2. The van der Waals surface area contributed by atoms with Crippen molar-refractivity contribution in [2.45, 2.75) is 0 Å². The van der Waals surface area contributed by atoms with Crippen LogP contribution in [0.1, 0.15) is 0 Å². The lowest BCUT2D eigenvalue weighted by atomic mass is 10.1. The molecule has 0 bridgehead atoms. The molecule has 4 aromatic heterocycles. The van der Waals surface area contributed by atoms with Crippen molar-refractivity contribution in [3.63, 3.8) is 0 Å². The maximum Gasteiger partial charge on any atom is 0.261 e. The predicted octanol–water partition coefficient (Wildman–Crippen LogP) is 5.90. The number of fused-ring (bicyclic) bond motifs is 1. The van der Waals surface area contributed by atoms with Crippen LogP contribution in [0.25, 0.3) is 50.9 Å². The smallest absolute Gasteiger partial charge is 0.261 e. The van der Waals surface area contributed by atoms with Crippen molar-refractivity contribution in [1.29, 1.82) is 0 Å². The number of hydrogen-bond donors (Lipinski definition) is 1. The number of nitrogens with zero attached hydrogens (tertiary/aromatic N) is 5. The Morgan fingerprint density at radius 2 is 1.73 bits per heavy atom. The van der Waals surface area contributed by atoms with Crippen LogP contribution in [-0.4, -0.2) is 29.7 Å². The van der Waals surface area contributed by atoms with Crippen LogP contribution in [0, 0.1) is 5.82 Å². The van der Waals surface area contributed by atoms with Gasteiger partial charge in [0.2, 0.25) is 5.82 Å². The van der Waals surface area contributed by atoms with E-state index in [4.69, 9.17) is 16.1 Å². The number of pyridine rings is 1. The molecular formula is C24H14ClFN6O. The SMILES string of the molecule is Fc1cc(Cl)ccc1-c1nc(-c2ccc(-c3cnc4ccc(-c5cn[nH]c5)cn34)cc2)no1. The molecule has 0 saturated heterocycles. The minimum atomic E-state index is -0.518. The van der Waals surface area contributed by atoms with Gasteiger partial charge in [0.15, 0.2) is 0 Å². The Bertz CT molecular complexity index is 1590. The molecule has 9 heteroatoms. The summed E-state index contributed by atoms with van der Waals surface area (Å²) in [7, 11) is 0. The van der Waals surface area contributed by atoms with E-state index in [0.717, 1.165) is 33.6 Å². The molecule has 1 N–H and O–H groups in total. The lowest BCUT2D eigenvalue weighted by Crippen LogP contribution is -1.90. The first-order valence-corrected chi connectivity index (χ1v) is 10.4.